The summed E-state index contributed by atoms with van der Waals surface area (Å²) in [5.74, 6) is 0.800. The van der Waals surface area contributed by atoms with Crippen LogP contribution in [0.5, 0.6) is 5.75 Å². The lowest BCUT2D eigenvalue weighted by molar-refractivity contribution is -0.271. The number of hydrogen-bond donors (Lipinski definition) is 1. The van der Waals surface area contributed by atoms with E-state index in [2.05, 4.69) is 0 Å². The van der Waals surface area contributed by atoms with Crippen LogP contribution >= 0.6 is 0 Å². The number of aliphatic hydroxyl groups is 1. The second kappa shape index (κ2) is 5.26. The molecule has 2 atom stereocenters. The van der Waals surface area contributed by atoms with Gasteiger partial charge in [0, 0.05) is 11.0 Å². The van der Waals surface area contributed by atoms with Crippen LogP contribution in [0.15, 0.2) is 24.3 Å². The molecular formula is C14H20O4. The molecule has 18 heavy (non-hydrogen) atoms. The van der Waals surface area contributed by atoms with Gasteiger partial charge in [-0.15, -0.1) is 0 Å². The molecule has 0 radical (unpaired) electrons. The van der Waals surface area contributed by atoms with Crippen LogP contribution < -0.4 is 4.74 Å². The van der Waals surface area contributed by atoms with Gasteiger partial charge in [0.2, 0.25) is 0 Å². The van der Waals surface area contributed by atoms with Gasteiger partial charge in [-0.3, -0.25) is 0 Å². The maximum Gasteiger partial charge on any atom is 0.184 e. The maximum absolute atomic E-state index is 9.37. The van der Waals surface area contributed by atoms with E-state index in [1.807, 2.05) is 38.1 Å². The third-order valence-electron chi connectivity index (χ3n) is 3.32. The normalized spacial score (nSPS) is 26.9. The highest BCUT2D eigenvalue weighted by Crippen LogP contribution is 2.36. The monoisotopic (exact) mass is 252 g/mol. The molecule has 0 aliphatic carbocycles. The van der Waals surface area contributed by atoms with E-state index >= 15 is 0 Å². The van der Waals surface area contributed by atoms with Crippen LogP contribution in [0.2, 0.25) is 0 Å². The third-order valence-corrected chi connectivity index (χ3v) is 3.32. The largest absolute Gasteiger partial charge is 0.497 e. The van der Waals surface area contributed by atoms with Crippen molar-refractivity contribution in [1.29, 1.82) is 0 Å². The molecule has 0 spiro atoms. The van der Waals surface area contributed by atoms with Crippen LogP contribution in [0, 0.1) is 5.41 Å². The zero-order valence-corrected chi connectivity index (χ0v) is 11.1. The van der Waals surface area contributed by atoms with Crippen molar-refractivity contribution in [2.24, 2.45) is 5.41 Å². The van der Waals surface area contributed by atoms with Gasteiger partial charge in [-0.2, -0.15) is 0 Å². The summed E-state index contributed by atoms with van der Waals surface area (Å²) in [5.41, 5.74) is 0.766. The first-order valence-corrected chi connectivity index (χ1v) is 6.08. The van der Waals surface area contributed by atoms with Crippen LogP contribution in [-0.2, 0) is 9.47 Å². The third kappa shape index (κ3) is 2.66. The van der Waals surface area contributed by atoms with Gasteiger partial charge in [-0.1, -0.05) is 26.0 Å². The molecule has 1 aliphatic rings. The standard InChI is InChI=1S/C14H20O4/c1-14(2)9-17-13(18-12(14)8-15)10-4-6-11(16-3)7-5-10/h4-7,12-13,15H,8-9H2,1-3H3/t12-,13-/m1/s1. The Hall–Kier alpha value is -1.10. The van der Waals surface area contributed by atoms with Crippen LogP contribution in [0.3, 0.4) is 0 Å². The molecular weight excluding hydrogens is 232 g/mol. The Kier molecular flexibility index (Phi) is 3.90. The predicted molar refractivity (Wildman–Crippen MR) is 67.4 cm³/mol. The van der Waals surface area contributed by atoms with Gasteiger partial charge in [0.25, 0.3) is 0 Å². The molecule has 0 unspecified atom stereocenters. The molecule has 100 valence electrons. The topological polar surface area (TPSA) is 47.9 Å². The van der Waals surface area contributed by atoms with E-state index in [1.54, 1.807) is 7.11 Å². The summed E-state index contributed by atoms with van der Waals surface area (Å²) in [4.78, 5) is 0. The molecule has 1 heterocycles. The summed E-state index contributed by atoms with van der Waals surface area (Å²) in [6.45, 7) is 4.62. The highest BCUT2D eigenvalue weighted by molar-refractivity contribution is 5.28. The Morgan fingerprint density at radius 1 is 1.33 bits per heavy atom. The molecule has 1 fully saturated rings. The van der Waals surface area contributed by atoms with E-state index in [-0.39, 0.29) is 18.1 Å². The molecule has 1 aliphatic heterocycles. The van der Waals surface area contributed by atoms with Gasteiger partial charge in [0.1, 0.15) is 5.75 Å². The van der Waals surface area contributed by atoms with Crippen molar-refractivity contribution < 1.29 is 19.3 Å². The second-order valence-electron chi connectivity index (χ2n) is 5.21. The van der Waals surface area contributed by atoms with Crippen molar-refractivity contribution in [1.82, 2.24) is 0 Å². The molecule has 0 bridgehead atoms. The van der Waals surface area contributed by atoms with Gasteiger partial charge in [-0.25, -0.2) is 0 Å². The molecule has 4 heteroatoms. The van der Waals surface area contributed by atoms with E-state index in [0.29, 0.717) is 6.61 Å². The number of benzene rings is 1. The molecule has 4 nitrogen and oxygen atoms in total. The Morgan fingerprint density at radius 2 is 2.00 bits per heavy atom. The van der Waals surface area contributed by atoms with Gasteiger partial charge in [-0.05, 0) is 12.1 Å². The summed E-state index contributed by atoms with van der Waals surface area (Å²) in [6.07, 6.45) is -0.626. The van der Waals surface area contributed by atoms with E-state index in [9.17, 15) is 5.11 Å². The van der Waals surface area contributed by atoms with E-state index in [1.165, 1.54) is 0 Å². The van der Waals surface area contributed by atoms with Crippen LogP contribution in [0.4, 0.5) is 0 Å². The zero-order chi connectivity index (χ0) is 13.2. The fourth-order valence-corrected chi connectivity index (χ4v) is 1.98. The molecule has 1 N–H and O–H groups in total. The van der Waals surface area contributed by atoms with Crippen molar-refractivity contribution in [3.63, 3.8) is 0 Å². The minimum Gasteiger partial charge on any atom is -0.497 e. The Morgan fingerprint density at radius 3 is 2.56 bits per heavy atom. The lowest BCUT2D eigenvalue weighted by atomic mass is 9.87. The lowest BCUT2D eigenvalue weighted by Gasteiger charge is -2.41. The first-order valence-electron chi connectivity index (χ1n) is 6.08. The van der Waals surface area contributed by atoms with Crippen molar-refractivity contribution in [2.45, 2.75) is 26.2 Å². The van der Waals surface area contributed by atoms with Crippen LogP contribution in [0.1, 0.15) is 25.7 Å². The van der Waals surface area contributed by atoms with Gasteiger partial charge >= 0.3 is 0 Å². The van der Waals surface area contributed by atoms with Crippen LogP contribution in [0.25, 0.3) is 0 Å². The number of ether oxygens (including phenoxy) is 3. The van der Waals surface area contributed by atoms with E-state index < -0.39 is 6.29 Å². The van der Waals surface area contributed by atoms with Gasteiger partial charge < -0.3 is 19.3 Å². The summed E-state index contributed by atoms with van der Waals surface area (Å²) in [6, 6.07) is 7.57. The molecule has 0 amide bonds. The Bertz CT molecular complexity index is 385. The zero-order valence-electron chi connectivity index (χ0n) is 11.1. The number of aliphatic hydroxyl groups excluding tert-OH is 1. The lowest BCUT2D eigenvalue weighted by Crippen LogP contribution is -2.44. The first-order chi connectivity index (χ1) is 8.56. The second-order valence-corrected chi connectivity index (χ2v) is 5.21. The minimum absolute atomic E-state index is 0.00299. The molecule has 0 saturated carbocycles. The Balaban J connectivity index is 2.10. The summed E-state index contributed by atoms with van der Waals surface area (Å²) in [7, 11) is 1.63. The SMILES string of the molecule is COc1ccc([C@@H]2OCC(C)(C)[C@@H](CO)O2)cc1. The predicted octanol–water partition coefficient (Wildman–Crippen LogP) is 2.13. The summed E-state index contributed by atoms with van der Waals surface area (Å²) >= 11 is 0. The molecule has 0 aromatic heterocycles. The average Bonchev–Trinajstić information content (AvgIpc) is 2.39. The number of hydrogen-bond acceptors (Lipinski definition) is 4. The van der Waals surface area contributed by atoms with Crippen molar-refractivity contribution >= 4 is 0 Å². The summed E-state index contributed by atoms with van der Waals surface area (Å²) in [5, 5.41) is 9.37. The smallest absolute Gasteiger partial charge is 0.184 e. The van der Waals surface area contributed by atoms with Gasteiger partial charge in [0.15, 0.2) is 6.29 Å². The molecule has 2 rings (SSSR count). The van der Waals surface area contributed by atoms with Crippen molar-refractivity contribution in [3.8, 4) is 5.75 Å². The fourth-order valence-electron chi connectivity index (χ4n) is 1.98. The van der Waals surface area contributed by atoms with Gasteiger partial charge in [0.05, 0.1) is 26.4 Å². The fraction of sp³-hybridized carbons (Fsp3) is 0.571. The Labute approximate surface area is 107 Å². The van der Waals surface area contributed by atoms with E-state index in [0.717, 1.165) is 11.3 Å². The average molecular weight is 252 g/mol. The highest BCUT2D eigenvalue weighted by Gasteiger charge is 2.38. The first kappa shape index (κ1) is 13.3. The number of rotatable bonds is 3. The maximum atomic E-state index is 9.37. The van der Waals surface area contributed by atoms with E-state index in [4.69, 9.17) is 14.2 Å². The summed E-state index contributed by atoms with van der Waals surface area (Å²) < 4.78 is 16.6. The molecule has 1 saturated heterocycles. The molecule has 1 aromatic carbocycles. The minimum atomic E-state index is -0.416. The highest BCUT2D eigenvalue weighted by atomic mass is 16.7. The quantitative estimate of drug-likeness (QED) is 0.895. The molecule has 1 aromatic rings. The van der Waals surface area contributed by atoms with Crippen molar-refractivity contribution in [2.75, 3.05) is 20.3 Å². The number of methoxy groups -OCH3 is 1. The van der Waals surface area contributed by atoms with Crippen molar-refractivity contribution in [3.05, 3.63) is 29.8 Å². The van der Waals surface area contributed by atoms with Crippen LogP contribution in [-0.4, -0.2) is 31.5 Å².